The number of Topliss-reactive ketones (excluding diaryl/α,β-unsaturated/α-hetero) is 1. The van der Waals surface area contributed by atoms with Crippen LogP contribution in [-0.2, 0) is 0 Å². The average molecular weight is 340 g/mol. The van der Waals surface area contributed by atoms with Gasteiger partial charge in [-0.25, -0.2) is 0 Å². The van der Waals surface area contributed by atoms with Gasteiger partial charge in [0.2, 0.25) is 0 Å². The first-order chi connectivity index (χ1) is 12.7. The van der Waals surface area contributed by atoms with Crippen LogP contribution in [0.25, 0.3) is 5.57 Å². The largest absolute Gasteiger partial charge is 0.294 e. The molecule has 0 saturated carbocycles. The lowest BCUT2D eigenvalue weighted by molar-refractivity contribution is 0.0980. The summed E-state index contributed by atoms with van der Waals surface area (Å²) < 4.78 is 0. The summed E-state index contributed by atoms with van der Waals surface area (Å²) in [6.07, 6.45) is 4.58. The number of allylic oxidation sites excluding steroid dienone is 1. The van der Waals surface area contributed by atoms with Crippen LogP contribution in [0.2, 0.25) is 0 Å². The molecule has 3 aromatic rings. The molecule has 0 fully saturated rings. The highest BCUT2D eigenvalue weighted by Gasteiger charge is 2.06. The maximum absolute atomic E-state index is 12.2. The third-order valence-electron chi connectivity index (χ3n) is 4.50. The standard InChI is InChI=1S/C25H24O/c1-20-16-18-22(19-17-20)24(21-10-4-2-5-11-21)14-8-9-15-25(26)23-12-6-3-7-13-23/h2-7,10-14,16-19H,8-9,15H2,1H3/b24-14+. The van der Waals surface area contributed by atoms with E-state index in [4.69, 9.17) is 0 Å². The van der Waals surface area contributed by atoms with Crippen LogP contribution in [0.5, 0.6) is 0 Å². The zero-order chi connectivity index (χ0) is 18.2. The summed E-state index contributed by atoms with van der Waals surface area (Å²) in [6.45, 7) is 2.10. The molecule has 0 unspecified atom stereocenters. The van der Waals surface area contributed by atoms with Crippen LogP contribution in [-0.4, -0.2) is 5.78 Å². The number of carbonyl (C=O) groups is 1. The van der Waals surface area contributed by atoms with E-state index in [-0.39, 0.29) is 5.78 Å². The molecule has 0 aliphatic rings. The molecule has 0 amide bonds. The van der Waals surface area contributed by atoms with Crippen molar-refractivity contribution in [1.29, 1.82) is 0 Å². The summed E-state index contributed by atoms with van der Waals surface area (Å²) >= 11 is 0. The number of rotatable bonds is 7. The minimum Gasteiger partial charge on any atom is -0.294 e. The summed E-state index contributed by atoms with van der Waals surface area (Å²) in [6, 6.07) is 28.6. The van der Waals surface area contributed by atoms with E-state index in [9.17, 15) is 4.79 Å². The van der Waals surface area contributed by atoms with Gasteiger partial charge in [-0.15, -0.1) is 0 Å². The lowest BCUT2D eigenvalue weighted by atomic mass is 9.95. The van der Waals surface area contributed by atoms with Gasteiger partial charge in [-0.3, -0.25) is 4.79 Å². The van der Waals surface area contributed by atoms with Crippen molar-refractivity contribution in [1.82, 2.24) is 0 Å². The van der Waals surface area contributed by atoms with Crippen LogP contribution < -0.4 is 0 Å². The smallest absolute Gasteiger partial charge is 0.162 e. The highest BCUT2D eigenvalue weighted by molar-refractivity contribution is 5.95. The van der Waals surface area contributed by atoms with Gasteiger partial charge in [0, 0.05) is 12.0 Å². The third-order valence-corrected chi connectivity index (χ3v) is 4.50. The predicted molar refractivity (Wildman–Crippen MR) is 109 cm³/mol. The molecule has 0 saturated heterocycles. The zero-order valence-corrected chi connectivity index (χ0v) is 15.2. The quantitative estimate of drug-likeness (QED) is 0.355. The van der Waals surface area contributed by atoms with Crippen molar-refractivity contribution in [3.8, 4) is 0 Å². The van der Waals surface area contributed by atoms with Gasteiger partial charge < -0.3 is 0 Å². The van der Waals surface area contributed by atoms with Gasteiger partial charge in [-0.2, -0.15) is 0 Å². The number of hydrogen-bond donors (Lipinski definition) is 0. The van der Waals surface area contributed by atoms with Gasteiger partial charge in [0.05, 0.1) is 0 Å². The zero-order valence-electron chi connectivity index (χ0n) is 15.2. The molecule has 3 aromatic carbocycles. The van der Waals surface area contributed by atoms with Crippen LogP contribution >= 0.6 is 0 Å². The third kappa shape index (κ3) is 4.80. The maximum atomic E-state index is 12.2. The van der Waals surface area contributed by atoms with Gasteiger partial charge in [0.25, 0.3) is 0 Å². The second kappa shape index (κ2) is 8.96. The Bertz CT molecular complexity index is 859. The molecule has 26 heavy (non-hydrogen) atoms. The van der Waals surface area contributed by atoms with Crippen LogP contribution in [0.1, 0.15) is 46.3 Å². The number of hydrogen-bond acceptors (Lipinski definition) is 1. The number of carbonyl (C=O) groups excluding carboxylic acids is 1. The molecule has 0 atom stereocenters. The lowest BCUT2D eigenvalue weighted by Crippen LogP contribution is -1.98. The second-order valence-corrected chi connectivity index (χ2v) is 6.53. The number of aryl methyl sites for hydroxylation is 1. The monoisotopic (exact) mass is 340 g/mol. The molecule has 0 heterocycles. The summed E-state index contributed by atoms with van der Waals surface area (Å²) in [7, 11) is 0. The fourth-order valence-electron chi connectivity index (χ4n) is 3.03. The average Bonchev–Trinajstić information content (AvgIpc) is 2.70. The molecule has 0 aliphatic carbocycles. The Morgan fingerprint density at radius 1 is 0.731 bits per heavy atom. The summed E-state index contributed by atoms with van der Waals surface area (Å²) in [5.74, 6) is 0.218. The molecule has 0 aliphatic heterocycles. The molecule has 0 spiro atoms. The fraction of sp³-hybridized carbons (Fsp3) is 0.160. The van der Waals surface area contributed by atoms with E-state index < -0.39 is 0 Å². The van der Waals surface area contributed by atoms with E-state index >= 15 is 0 Å². The Balaban J connectivity index is 1.71. The fourth-order valence-corrected chi connectivity index (χ4v) is 3.03. The molecule has 0 aromatic heterocycles. The SMILES string of the molecule is Cc1ccc(/C(=C/CCCC(=O)c2ccccc2)c2ccccc2)cc1. The number of ketones is 1. The Morgan fingerprint density at radius 3 is 1.88 bits per heavy atom. The summed E-state index contributed by atoms with van der Waals surface area (Å²) in [4.78, 5) is 12.2. The van der Waals surface area contributed by atoms with Gasteiger partial charge in [0.15, 0.2) is 5.78 Å². The van der Waals surface area contributed by atoms with E-state index in [1.54, 1.807) is 0 Å². The lowest BCUT2D eigenvalue weighted by Gasteiger charge is -2.09. The first-order valence-corrected chi connectivity index (χ1v) is 9.15. The van der Waals surface area contributed by atoms with E-state index in [1.165, 1.54) is 22.3 Å². The minimum absolute atomic E-state index is 0.218. The number of benzene rings is 3. The Kier molecular flexibility index (Phi) is 6.16. The summed E-state index contributed by atoms with van der Waals surface area (Å²) in [5, 5.41) is 0. The number of unbranched alkanes of at least 4 members (excludes halogenated alkanes) is 1. The van der Waals surface area contributed by atoms with Crippen molar-refractivity contribution in [2.75, 3.05) is 0 Å². The molecule has 0 N–H and O–H groups in total. The van der Waals surface area contributed by atoms with E-state index in [0.29, 0.717) is 6.42 Å². The van der Waals surface area contributed by atoms with E-state index in [0.717, 1.165) is 18.4 Å². The normalized spacial score (nSPS) is 11.3. The van der Waals surface area contributed by atoms with Crippen molar-refractivity contribution in [2.45, 2.75) is 26.2 Å². The van der Waals surface area contributed by atoms with Crippen LogP contribution in [0.15, 0.2) is 91.0 Å². The molecule has 0 radical (unpaired) electrons. The first-order valence-electron chi connectivity index (χ1n) is 9.15. The highest BCUT2D eigenvalue weighted by Crippen LogP contribution is 2.25. The molecule has 3 rings (SSSR count). The van der Waals surface area contributed by atoms with E-state index in [1.807, 2.05) is 36.4 Å². The summed E-state index contributed by atoms with van der Waals surface area (Å²) in [5.41, 5.74) is 5.73. The van der Waals surface area contributed by atoms with Gasteiger partial charge >= 0.3 is 0 Å². The molecule has 1 heteroatoms. The molecule has 1 nitrogen and oxygen atoms in total. The van der Waals surface area contributed by atoms with Crippen LogP contribution in [0.3, 0.4) is 0 Å². The van der Waals surface area contributed by atoms with E-state index in [2.05, 4.69) is 61.5 Å². The maximum Gasteiger partial charge on any atom is 0.162 e. The van der Waals surface area contributed by atoms with Crippen molar-refractivity contribution in [2.24, 2.45) is 0 Å². The highest BCUT2D eigenvalue weighted by atomic mass is 16.1. The Hall–Kier alpha value is -2.93. The van der Waals surface area contributed by atoms with Crippen LogP contribution in [0.4, 0.5) is 0 Å². The van der Waals surface area contributed by atoms with Crippen molar-refractivity contribution in [3.63, 3.8) is 0 Å². The van der Waals surface area contributed by atoms with Crippen LogP contribution in [0, 0.1) is 6.92 Å². The molecule has 130 valence electrons. The molecular weight excluding hydrogens is 316 g/mol. The molecule has 0 bridgehead atoms. The van der Waals surface area contributed by atoms with Gasteiger partial charge in [-0.05, 0) is 36.5 Å². The molecular formula is C25H24O. The Labute approximate surface area is 156 Å². The Morgan fingerprint density at radius 2 is 1.27 bits per heavy atom. The second-order valence-electron chi connectivity index (χ2n) is 6.53. The van der Waals surface area contributed by atoms with Gasteiger partial charge in [0.1, 0.15) is 0 Å². The predicted octanol–water partition coefficient (Wildman–Crippen LogP) is 6.48. The minimum atomic E-state index is 0.218. The first kappa shape index (κ1) is 17.9. The van der Waals surface area contributed by atoms with Gasteiger partial charge in [-0.1, -0.05) is 96.6 Å². The van der Waals surface area contributed by atoms with Crippen molar-refractivity contribution >= 4 is 11.4 Å². The van der Waals surface area contributed by atoms with Crippen molar-refractivity contribution in [3.05, 3.63) is 113 Å². The van der Waals surface area contributed by atoms with Crippen molar-refractivity contribution < 1.29 is 4.79 Å². The topological polar surface area (TPSA) is 17.1 Å².